The van der Waals surface area contributed by atoms with Crippen molar-refractivity contribution in [3.63, 3.8) is 0 Å². The number of benzene rings is 1. The minimum atomic E-state index is -3.35. The summed E-state index contributed by atoms with van der Waals surface area (Å²) in [6.45, 7) is 1.81. The van der Waals surface area contributed by atoms with Crippen LogP contribution < -0.4 is 10.0 Å². The van der Waals surface area contributed by atoms with Gasteiger partial charge < -0.3 is 5.32 Å². The van der Waals surface area contributed by atoms with Gasteiger partial charge in [-0.25, -0.2) is 8.42 Å². The molecular formula is C16H22N2O3S. The molecule has 5 nitrogen and oxygen atoms in total. The number of amides is 1. The lowest BCUT2D eigenvalue weighted by Gasteiger charge is -2.23. The van der Waals surface area contributed by atoms with Gasteiger partial charge in [0.25, 0.3) is 5.91 Å². The lowest BCUT2D eigenvalue weighted by molar-refractivity contribution is 0.0923. The topological polar surface area (TPSA) is 75.3 Å². The fraction of sp³-hybridized carbons (Fsp3) is 0.562. The van der Waals surface area contributed by atoms with Gasteiger partial charge in [-0.15, -0.1) is 0 Å². The van der Waals surface area contributed by atoms with Crippen LogP contribution in [-0.2, 0) is 10.0 Å². The van der Waals surface area contributed by atoms with Crippen molar-refractivity contribution >= 4 is 21.6 Å². The molecule has 2 fully saturated rings. The number of sulfonamides is 1. The van der Waals surface area contributed by atoms with Crippen molar-refractivity contribution in [2.75, 3.05) is 11.0 Å². The van der Waals surface area contributed by atoms with Crippen LogP contribution in [0.1, 0.15) is 41.6 Å². The highest BCUT2D eigenvalue weighted by Crippen LogP contribution is 2.44. The Kier molecular flexibility index (Phi) is 3.89. The van der Waals surface area contributed by atoms with E-state index in [1.165, 1.54) is 19.3 Å². The van der Waals surface area contributed by atoms with E-state index in [2.05, 4.69) is 10.0 Å². The molecule has 0 spiro atoms. The first-order valence-corrected chi connectivity index (χ1v) is 9.60. The highest BCUT2D eigenvalue weighted by atomic mass is 32.2. The highest BCUT2D eigenvalue weighted by molar-refractivity contribution is 7.92. The molecule has 2 bridgehead atoms. The van der Waals surface area contributed by atoms with Gasteiger partial charge in [0.05, 0.1) is 11.9 Å². The van der Waals surface area contributed by atoms with Crippen LogP contribution in [0.25, 0.3) is 0 Å². The number of carbonyl (C=O) groups is 1. The van der Waals surface area contributed by atoms with Gasteiger partial charge in [0.1, 0.15) is 0 Å². The molecule has 3 rings (SSSR count). The molecule has 22 heavy (non-hydrogen) atoms. The molecule has 3 atom stereocenters. The van der Waals surface area contributed by atoms with Crippen LogP contribution in [0, 0.1) is 18.8 Å². The van der Waals surface area contributed by atoms with E-state index in [4.69, 9.17) is 0 Å². The average Bonchev–Trinajstić information content (AvgIpc) is 3.02. The second-order valence-corrected chi connectivity index (χ2v) is 8.41. The van der Waals surface area contributed by atoms with Gasteiger partial charge in [-0.3, -0.25) is 9.52 Å². The van der Waals surface area contributed by atoms with E-state index >= 15 is 0 Å². The summed E-state index contributed by atoms with van der Waals surface area (Å²) in [7, 11) is -3.35. The molecule has 0 unspecified atom stereocenters. The third-order valence-corrected chi connectivity index (χ3v) is 5.44. The largest absolute Gasteiger partial charge is 0.349 e. The van der Waals surface area contributed by atoms with E-state index in [0.29, 0.717) is 17.2 Å². The lowest BCUT2D eigenvalue weighted by Crippen LogP contribution is -2.38. The van der Waals surface area contributed by atoms with E-state index < -0.39 is 10.0 Å². The lowest BCUT2D eigenvalue weighted by atomic mass is 9.95. The van der Waals surface area contributed by atoms with Crippen LogP contribution in [0.3, 0.4) is 0 Å². The summed E-state index contributed by atoms with van der Waals surface area (Å²) in [5.74, 6) is 1.28. The Morgan fingerprint density at radius 1 is 1.23 bits per heavy atom. The standard InChI is InChI=1S/C16H22N2O3S/c1-10-3-5-13(9-14(10)18-22(2,20)21)16(19)17-15-8-11-4-6-12(15)7-11/h3,5,9,11-12,15,18H,4,6-8H2,1-2H3,(H,17,19)/t11-,12-,15+/m1/s1. The van der Waals surface area contributed by atoms with Crippen LogP contribution in [0.4, 0.5) is 5.69 Å². The Hall–Kier alpha value is -1.56. The smallest absolute Gasteiger partial charge is 0.251 e. The first-order valence-electron chi connectivity index (χ1n) is 7.71. The Morgan fingerprint density at radius 2 is 2.00 bits per heavy atom. The quantitative estimate of drug-likeness (QED) is 0.893. The zero-order valence-corrected chi connectivity index (χ0v) is 13.7. The number of hydrogen-bond donors (Lipinski definition) is 2. The molecular weight excluding hydrogens is 300 g/mol. The minimum absolute atomic E-state index is 0.117. The normalized spacial score (nSPS) is 26.9. The molecule has 2 N–H and O–H groups in total. The first-order chi connectivity index (χ1) is 10.3. The van der Waals surface area contributed by atoms with E-state index in [1.54, 1.807) is 18.2 Å². The van der Waals surface area contributed by atoms with Crippen LogP contribution in [0.15, 0.2) is 18.2 Å². The molecule has 2 aliphatic carbocycles. The van der Waals surface area contributed by atoms with Crippen LogP contribution in [0.5, 0.6) is 0 Å². The SMILES string of the molecule is Cc1ccc(C(=O)N[C@H]2C[C@@H]3CC[C@@H]2C3)cc1NS(C)(=O)=O. The van der Waals surface area contributed by atoms with Crippen molar-refractivity contribution in [1.82, 2.24) is 5.32 Å². The zero-order chi connectivity index (χ0) is 15.9. The summed E-state index contributed by atoms with van der Waals surface area (Å²) < 4.78 is 25.2. The first kappa shape index (κ1) is 15.3. The predicted molar refractivity (Wildman–Crippen MR) is 86.3 cm³/mol. The molecule has 120 valence electrons. The summed E-state index contributed by atoms with van der Waals surface area (Å²) in [5, 5.41) is 3.12. The van der Waals surface area contributed by atoms with Gasteiger partial charge in [-0.05, 0) is 55.7 Å². The zero-order valence-electron chi connectivity index (χ0n) is 12.9. The number of carbonyl (C=O) groups excluding carboxylic acids is 1. The van der Waals surface area contributed by atoms with E-state index in [1.807, 2.05) is 6.92 Å². The molecule has 2 saturated carbocycles. The van der Waals surface area contributed by atoms with Gasteiger partial charge in [0.2, 0.25) is 10.0 Å². The Balaban J connectivity index is 1.74. The summed E-state index contributed by atoms with van der Waals surface area (Å²) in [5.41, 5.74) is 1.75. The molecule has 0 heterocycles. The highest BCUT2D eigenvalue weighted by Gasteiger charge is 2.40. The molecule has 1 aromatic carbocycles. The second kappa shape index (κ2) is 5.57. The molecule has 6 heteroatoms. The summed E-state index contributed by atoms with van der Waals surface area (Å²) in [6.07, 6.45) is 5.93. The van der Waals surface area contributed by atoms with Crippen molar-refractivity contribution in [2.45, 2.75) is 38.6 Å². The third kappa shape index (κ3) is 3.27. The molecule has 1 amide bonds. The fourth-order valence-electron chi connectivity index (χ4n) is 3.75. The molecule has 0 saturated heterocycles. The van der Waals surface area contributed by atoms with Crippen LogP contribution in [-0.4, -0.2) is 26.6 Å². The van der Waals surface area contributed by atoms with Crippen molar-refractivity contribution in [1.29, 1.82) is 0 Å². The summed E-state index contributed by atoms with van der Waals surface area (Å²) >= 11 is 0. The van der Waals surface area contributed by atoms with Crippen molar-refractivity contribution in [3.05, 3.63) is 29.3 Å². The average molecular weight is 322 g/mol. The molecule has 0 radical (unpaired) electrons. The number of fused-ring (bicyclic) bond motifs is 2. The summed E-state index contributed by atoms with van der Waals surface area (Å²) in [4.78, 5) is 12.4. The van der Waals surface area contributed by atoms with Gasteiger partial charge >= 0.3 is 0 Å². The van der Waals surface area contributed by atoms with Crippen LogP contribution in [0.2, 0.25) is 0 Å². The second-order valence-electron chi connectivity index (χ2n) is 6.66. The van der Waals surface area contributed by atoms with Crippen molar-refractivity contribution in [3.8, 4) is 0 Å². The Labute approximate surface area is 131 Å². The van der Waals surface area contributed by atoms with Gasteiger partial charge in [0.15, 0.2) is 0 Å². The molecule has 1 aromatic rings. The predicted octanol–water partition coefficient (Wildman–Crippen LogP) is 2.28. The maximum absolute atomic E-state index is 12.4. The van der Waals surface area contributed by atoms with E-state index in [0.717, 1.165) is 24.2 Å². The number of aryl methyl sites for hydroxylation is 1. The summed E-state index contributed by atoms with van der Waals surface area (Å²) in [6, 6.07) is 5.40. The number of rotatable bonds is 4. The Bertz CT molecular complexity index is 699. The van der Waals surface area contributed by atoms with Crippen LogP contribution >= 0.6 is 0 Å². The number of hydrogen-bond acceptors (Lipinski definition) is 3. The molecule has 0 aliphatic heterocycles. The molecule has 2 aliphatic rings. The maximum atomic E-state index is 12.4. The Morgan fingerprint density at radius 3 is 2.59 bits per heavy atom. The third-order valence-electron chi connectivity index (χ3n) is 4.85. The maximum Gasteiger partial charge on any atom is 0.251 e. The fourth-order valence-corrected chi connectivity index (χ4v) is 4.37. The number of nitrogens with one attached hydrogen (secondary N) is 2. The number of anilines is 1. The van der Waals surface area contributed by atoms with E-state index in [-0.39, 0.29) is 11.9 Å². The molecule has 0 aromatic heterocycles. The minimum Gasteiger partial charge on any atom is -0.349 e. The monoisotopic (exact) mass is 322 g/mol. The van der Waals surface area contributed by atoms with Gasteiger partial charge in [-0.1, -0.05) is 12.5 Å². The van der Waals surface area contributed by atoms with Crippen molar-refractivity contribution in [2.24, 2.45) is 11.8 Å². The van der Waals surface area contributed by atoms with Crippen molar-refractivity contribution < 1.29 is 13.2 Å². The van der Waals surface area contributed by atoms with E-state index in [9.17, 15) is 13.2 Å². The van der Waals surface area contributed by atoms with Gasteiger partial charge in [0, 0.05) is 11.6 Å². The van der Waals surface area contributed by atoms with Gasteiger partial charge in [-0.2, -0.15) is 0 Å².